The van der Waals surface area contributed by atoms with Crippen molar-refractivity contribution >= 4 is 5.78 Å². The van der Waals surface area contributed by atoms with Crippen LogP contribution in [0.3, 0.4) is 0 Å². The Bertz CT molecular complexity index is 740. The largest absolute Gasteiger partial charge is 0.393 e. The first-order valence-corrected chi connectivity index (χ1v) is 12.7. The number of carbonyl (C=O) groups is 1. The summed E-state index contributed by atoms with van der Waals surface area (Å²) in [5.74, 6) is 1.55. The molecule has 0 amide bonds. The lowest BCUT2D eigenvalue weighted by Crippen LogP contribution is -2.54. The summed E-state index contributed by atoms with van der Waals surface area (Å²) in [5, 5.41) is 32.9. The first-order valence-electron chi connectivity index (χ1n) is 12.7. The van der Waals surface area contributed by atoms with Gasteiger partial charge in [-0.15, -0.1) is 0 Å². The van der Waals surface area contributed by atoms with Crippen LogP contribution in [0.15, 0.2) is 11.6 Å². The molecule has 0 aromatic rings. The maximum absolute atomic E-state index is 12.6. The Morgan fingerprint density at radius 3 is 2.55 bits per heavy atom. The predicted molar refractivity (Wildman–Crippen MR) is 122 cm³/mol. The first-order chi connectivity index (χ1) is 14.4. The van der Waals surface area contributed by atoms with Crippen LogP contribution in [0.2, 0.25) is 0 Å². The third-order valence-corrected chi connectivity index (χ3v) is 9.96. The number of Topliss-reactive ketones (excluding diaryl/α,β-unsaturated/α-hetero) is 1. The van der Waals surface area contributed by atoms with Crippen molar-refractivity contribution in [2.24, 2.45) is 40.4 Å². The minimum absolute atomic E-state index is 0.0171. The molecule has 4 aliphatic carbocycles. The lowest BCUT2D eigenvalue weighted by Gasteiger charge is -2.58. The molecule has 4 rings (SSSR count). The standard InChI is InChI=1S/C27H44O4/c1-16(2)12-18(29)15-27(5,31)24-7-6-20-19-14-23(30)22-13-17(28)8-10-25(22,3)21(19)9-11-26(20,24)4/h9,16-17,19-20,22-24,28,30-31H,6-8,10-15H2,1-5H3. The minimum Gasteiger partial charge on any atom is -0.393 e. The van der Waals surface area contributed by atoms with Gasteiger partial charge in [0.15, 0.2) is 0 Å². The van der Waals surface area contributed by atoms with Gasteiger partial charge in [0, 0.05) is 12.8 Å². The van der Waals surface area contributed by atoms with E-state index < -0.39 is 5.60 Å². The molecule has 176 valence electrons. The van der Waals surface area contributed by atoms with Gasteiger partial charge in [0.1, 0.15) is 5.78 Å². The molecule has 4 aliphatic rings. The molecule has 4 nitrogen and oxygen atoms in total. The van der Waals surface area contributed by atoms with Gasteiger partial charge in [-0.2, -0.15) is 0 Å². The van der Waals surface area contributed by atoms with Crippen molar-refractivity contribution < 1.29 is 20.1 Å². The number of carbonyl (C=O) groups excluding carboxylic acids is 1. The fraction of sp³-hybridized carbons (Fsp3) is 0.889. The third kappa shape index (κ3) is 3.85. The molecule has 9 unspecified atom stereocenters. The van der Waals surface area contributed by atoms with E-state index in [-0.39, 0.29) is 47.1 Å². The van der Waals surface area contributed by atoms with Gasteiger partial charge in [-0.05, 0) is 92.3 Å². The number of ketones is 1. The molecule has 0 aromatic heterocycles. The van der Waals surface area contributed by atoms with Crippen LogP contribution < -0.4 is 0 Å². The van der Waals surface area contributed by atoms with Crippen molar-refractivity contribution in [3.05, 3.63) is 11.6 Å². The minimum atomic E-state index is -0.977. The molecule has 3 fully saturated rings. The van der Waals surface area contributed by atoms with E-state index in [1.54, 1.807) is 0 Å². The van der Waals surface area contributed by atoms with Gasteiger partial charge in [0.25, 0.3) is 0 Å². The molecule has 3 saturated carbocycles. The van der Waals surface area contributed by atoms with Gasteiger partial charge in [0.2, 0.25) is 0 Å². The van der Waals surface area contributed by atoms with Crippen LogP contribution in [0.4, 0.5) is 0 Å². The highest BCUT2D eigenvalue weighted by Gasteiger charge is 2.61. The third-order valence-electron chi connectivity index (χ3n) is 9.96. The summed E-state index contributed by atoms with van der Waals surface area (Å²) in [6, 6.07) is 0. The fourth-order valence-electron chi connectivity index (χ4n) is 8.62. The van der Waals surface area contributed by atoms with Crippen molar-refractivity contribution in [2.75, 3.05) is 0 Å². The molecule has 9 atom stereocenters. The molecule has 4 heteroatoms. The summed E-state index contributed by atoms with van der Waals surface area (Å²) in [6.45, 7) is 10.6. The number of hydrogen-bond acceptors (Lipinski definition) is 4. The summed E-state index contributed by atoms with van der Waals surface area (Å²) in [6.07, 6.45) is 8.81. The van der Waals surface area contributed by atoms with Crippen molar-refractivity contribution in [1.29, 1.82) is 0 Å². The molecule has 3 N–H and O–H groups in total. The Kier molecular flexibility index (Phi) is 6.02. The second-order valence-corrected chi connectivity index (χ2v) is 12.6. The first kappa shape index (κ1) is 23.4. The number of fused-ring (bicyclic) bond motifs is 5. The Morgan fingerprint density at radius 1 is 1.16 bits per heavy atom. The molecule has 0 radical (unpaired) electrons. The van der Waals surface area contributed by atoms with Gasteiger partial charge >= 0.3 is 0 Å². The molecular weight excluding hydrogens is 388 g/mol. The Balaban J connectivity index is 1.60. The van der Waals surface area contributed by atoms with E-state index in [0.717, 1.165) is 38.5 Å². The number of rotatable bonds is 5. The van der Waals surface area contributed by atoms with E-state index in [9.17, 15) is 20.1 Å². The van der Waals surface area contributed by atoms with Gasteiger partial charge in [-0.3, -0.25) is 4.79 Å². The highest BCUT2D eigenvalue weighted by atomic mass is 16.3. The molecule has 31 heavy (non-hydrogen) atoms. The van der Waals surface area contributed by atoms with Gasteiger partial charge < -0.3 is 15.3 Å². The maximum Gasteiger partial charge on any atom is 0.136 e. The summed E-state index contributed by atoms with van der Waals surface area (Å²) < 4.78 is 0. The molecule has 0 bridgehead atoms. The molecule has 0 spiro atoms. The number of aliphatic hydroxyl groups is 3. The van der Waals surface area contributed by atoms with Crippen molar-refractivity contribution in [3.8, 4) is 0 Å². The highest BCUT2D eigenvalue weighted by Crippen LogP contribution is 2.66. The summed E-state index contributed by atoms with van der Waals surface area (Å²) in [5.41, 5.74) is 0.493. The predicted octanol–water partition coefficient (Wildman–Crippen LogP) is 4.65. The topological polar surface area (TPSA) is 77.8 Å². The smallest absolute Gasteiger partial charge is 0.136 e. The van der Waals surface area contributed by atoms with Gasteiger partial charge in [-0.25, -0.2) is 0 Å². The number of aliphatic hydroxyl groups excluding tert-OH is 2. The second kappa shape index (κ2) is 7.95. The van der Waals surface area contributed by atoms with Gasteiger partial charge in [-0.1, -0.05) is 39.3 Å². The van der Waals surface area contributed by atoms with Gasteiger partial charge in [0.05, 0.1) is 17.8 Å². The average molecular weight is 433 g/mol. The van der Waals surface area contributed by atoms with Crippen LogP contribution in [-0.2, 0) is 4.79 Å². The SMILES string of the molecule is CC(C)CC(=O)CC(C)(O)C1CCC2C3CC(O)C4CC(O)CCC4(C)C3=CCC21C. The van der Waals surface area contributed by atoms with E-state index in [2.05, 4.69) is 33.8 Å². The second-order valence-electron chi connectivity index (χ2n) is 12.6. The lowest BCUT2D eigenvalue weighted by atomic mass is 9.47. The van der Waals surface area contributed by atoms with E-state index in [0.29, 0.717) is 30.6 Å². The van der Waals surface area contributed by atoms with Crippen molar-refractivity contribution in [1.82, 2.24) is 0 Å². The van der Waals surface area contributed by atoms with Crippen LogP contribution in [0.25, 0.3) is 0 Å². The average Bonchev–Trinajstić information content (AvgIpc) is 3.00. The Hall–Kier alpha value is -0.710. The van der Waals surface area contributed by atoms with E-state index >= 15 is 0 Å². The maximum atomic E-state index is 12.6. The van der Waals surface area contributed by atoms with Crippen LogP contribution >= 0.6 is 0 Å². The number of allylic oxidation sites excluding steroid dienone is 2. The molecular formula is C27H44O4. The lowest BCUT2D eigenvalue weighted by molar-refractivity contribution is -0.131. The van der Waals surface area contributed by atoms with Crippen molar-refractivity contribution in [2.45, 2.75) is 110 Å². The number of hydrogen-bond donors (Lipinski definition) is 3. The summed E-state index contributed by atoms with van der Waals surface area (Å²) in [7, 11) is 0. The Morgan fingerprint density at radius 2 is 1.87 bits per heavy atom. The fourth-order valence-corrected chi connectivity index (χ4v) is 8.62. The van der Waals surface area contributed by atoms with Crippen LogP contribution in [0, 0.1) is 40.4 Å². The monoisotopic (exact) mass is 432 g/mol. The van der Waals surface area contributed by atoms with Crippen LogP contribution in [0.1, 0.15) is 92.4 Å². The van der Waals surface area contributed by atoms with Crippen LogP contribution in [-0.4, -0.2) is 38.9 Å². The molecule has 0 aromatic carbocycles. The van der Waals surface area contributed by atoms with E-state index in [1.807, 2.05) is 6.92 Å². The highest BCUT2D eigenvalue weighted by molar-refractivity contribution is 5.79. The molecule has 0 saturated heterocycles. The normalized spacial score (nSPS) is 46.5. The quantitative estimate of drug-likeness (QED) is 0.553. The van der Waals surface area contributed by atoms with Crippen molar-refractivity contribution in [3.63, 3.8) is 0 Å². The van der Waals surface area contributed by atoms with E-state index in [1.165, 1.54) is 5.57 Å². The summed E-state index contributed by atoms with van der Waals surface area (Å²) >= 11 is 0. The zero-order valence-corrected chi connectivity index (χ0v) is 20.2. The molecule has 0 aliphatic heterocycles. The molecule has 0 heterocycles. The zero-order chi connectivity index (χ0) is 22.8. The zero-order valence-electron chi connectivity index (χ0n) is 20.2. The summed E-state index contributed by atoms with van der Waals surface area (Å²) in [4.78, 5) is 12.6. The Labute approximate surface area is 188 Å². The van der Waals surface area contributed by atoms with Crippen LogP contribution in [0.5, 0.6) is 0 Å². The van der Waals surface area contributed by atoms with E-state index in [4.69, 9.17) is 0 Å².